The molecule has 0 aromatic heterocycles. The smallest absolute Gasteiger partial charge is 0.208 e. The average Bonchev–Trinajstić information content (AvgIpc) is 2.93. The molecule has 1 unspecified atom stereocenters. The van der Waals surface area contributed by atoms with Crippen LogP contribution in [0.4, 0.5) is 5.69 Å². The number of para-hydroxylation sites is 1. The molecule has 0 saturated carbocycles. The summed E-state index contributed by atoms with van der Waals surface area (Å²) in [5.74, 6) is 1.63. The lowest BCUT2D eigenvalue weighted by molar-refractivity contribution is 0.354. The highest BCUT2D eigenvalue weighted by atomic mass is 32.2. The van der Waals surface area contributed by atoms with Crippen LogP contribution in [-0.4, -0.2) is 38.5 Å². The van der Waals surface area contributed by atoms with Crippen molar-refractivity contribution in [3.05, 3.63) is 41.3 Å². The zero-order chi connectivity index (χ0) is 18.0. The Labute approximate surface area is 149 Å². The number of hydrogen-bond acceptors (Lipinski definition) is 6. The van der Waals surface area contributed by atoms with Crippen molar-refractivity contribution in [2.75, 3.05) is 24.7 Å². The van der Waals surface area contributed by atoms with Crippen molar-refractivity contribution in [1.29, 1.82) is 0 Å². The second kappa shape index (κ2) is 7.05. The van der Waals surface area contributed by atoms with Gasteiger partial charge in [-0.25, -0.2) is 18.1 Å². The van der Waals surface area contributed by atoms with E-state index in [2.05, 4.69) is 27.9 Å². The van der Waals surface area contributed by atoms with Gasteiger partial charge in [0.15, 0.2) is 0 Å². The van der Waals surface area contributed by atoms with E-state index in [0.29, 0.717) is 12.4 Å². The molecule has 0 radical (unpaired) electrons. The van der Waals surface area contributed by atoms with Crippen molar-refractivity contribution in [2.24, 2.45) is 10.7 Å². The van der Waals surface area contributed by atoms with Gasteiger partial charge in [0.25, 0.3) is 0 Å². The highest BCUT2D eigenvalue weighted by molar-refractivity contribution is 7.88. The number of nitrogens with zero attached hydrogens (tertiary/aromatic N) is 2. The number of hydrogen-bond donors (Lipinski definition) is 3. The van der Waals surface area contributed by atoms with Gasteiger partial charge in [-0.2, -0.15) is 0 Å². The number of unbranched alkanes of at least 4 members (excludes halogenated alkanes) is 1. The van der Waals surface area contributed by atoms with E-state index in [1.165, 1.54) is 11.8 Å². The van der Waals surface area contributed by atoms with Gasteiger partial charge in [-0.15, -0.1) is 0 Å². The van der Waals surface area contributed by atoms with Crippen molar-refractivity contribution in [3.8, 4) is 0 Å². The number of benzene rings is 1. The third kappa shape index (κ3) is 3.80. The van der Waals surface area contributed by atoms with E-state index in [1.54, 1.807) is 0 Å². The zero-order valence-electron chi connectivity index (χ0n) is 14.6. The fourth-order valence-electron chi connectivity index (χ4n) is 3.35. The van der Waals surface area contributed by atoms with E-state index in [0.717, 1.165) is 43.0 Å². The van der Waals surface area contributed by atoms with Gasteiger partial charge in [0.2, 0.25) is 10.0 Å². The minimum absolute atomic E-state index is 0.0373. The first-order valence-electron chi connectivity index (χ1n) is 8.55. The molecule has 8 heteroatoms. The Balaban J connectivity index is 1.74. The normalized spacial score (nSPS) is 19.4. The number of sulfonamides is 1. The molecule has 1 aromatic carbocycles. The standard InChI is InChI=1S/C17H25N5O2S/c1-3-14-21-15-16(12-8-4-5-9-13(12)20-17(15)18)22(14)11-7-6-10-19-25(2,23)24/h4-5,8-9,16,19-20H,3,6-7,10-11,18H2,1-2H3. The molecule has 2 aliphatic heterocycles. The molecule has 3 rings (SSSR count). The summed E-state index contributed by atoms with van der Waals surface area (Å²) >= 11 is 0. The summed E-state index contributed by atoms with van der Waals surface area (Å²) in [5.41, 5.74) is 9.27. The van der Waals surface area contributed by atoms with Crippen LogP contribution in [0.15, 0.2) is 40.8 Å². The topological polar surface area (TPSA) is 99.8 Å². The number of fused-ring (bicyclic) bond motifs is 3. The van der Waals surface area contributed by atoms with E-state index < -0.39 is 10.0 Å². The Bertz CT molecular complexity index is 816. The van der Waals surface area contributed by atoms with Crippen molar-refractivity contribution in [3.63, 3.8) is 0 Å². The third-order valence-corrected chi connectivity index (χ3v) is 5.19. The number of nitrogens with one attached hydrogen (secondary N) is 2. The molecule has 1 aromatic rings. The first-order valence-corrected chi connectivity index (χ1v) is 10.4. The largest absolute Gasteiger partial charge is 0.384 e. The molecule has 0 saturated heterocycles. The van der Waals surface area contributed by atoms with Gasteiger partial charge in [-0.3, -0.25) is 0 Å². The Morgan fingerprint density at radius 1 is 1.32 bits per heavy atom. The maximum atomic E-state index is 11.1. The molecule has 4 N–H and O–H groups in total. The third-order valence-electron chi connectivity index (χ3n) is 4.46. The molecule has 25 heavy (non-hydrogen) atoms. The van der Waals surface area contributed by atoms with Gasteiger partial charge in [0, 0.05) is 30.8 Å². The van der Waals surface area contributed by atoms with E-state index in [-0.39, 0.29) is 6.04 Å². The van der Waals surface area contributed by atoms with E-state index in [1.807, 2.05) is 18.2 Å². The number of anilines is 1. The van der Waals surface area contributed by atoms with Crippen molar-refractivity contribution in [2.45, 2.75) is 32.2 Å². The SMILES string of the molecule is CCC1=NC2=C(N)Nc3ccccc3C2N1CCCCNS(C)(=O)=O. The minimum atomic E-state index is -3.12. The van der Waals surface area contributed by atoms with Gasteiger partial charge in [-0.1, -0.05) is 25.1 Å². The molecule has 0 amide bonds. The van der Waals surface area contributed by atoms with Crippen molar-refractivity contribution >= 4 is 21.5 Å². The summed E-state index contributed by atoms with van der Waals surface area (Å²) in [6, 6.07) is 8.18. The van der Waals surface area contributed by atoms with Crippen LogP contribution >= 0.6 is 0 Å². The number of amidine groups is 1. The maximum absolute atomic E-state index is 11.1. The predicted octanol–water partition coefficient (Wildman–Crippen LogP) is 1.73. The van der Waals surface area contributed by atoms with Gasteiger partial charge in [0.05, 0.1) is 6.26 Å². The molecule has 136 valence electrons. The highest BCUT2D eigenvalue weighted by Crippen LogP contribution is 2.43. The highest BCUT2D eigenvalue weighted by Gasteiger charge is 2.37. The fourth-order valence-corrected chi connectivity index (χ4v) is 3.86. The molecule has 0 spiro atoms. The zero-order valence-corrected chi connectivity index (χ0v) is 15.4. The molecule has 0 fully saturated rings. The maximum Gasteiger partial charge on any atom is 0.208 e. The Morgan fingerprint density at radius 2 is 2.08 bits per heavy atom. The number of nitrogens with two attached hydrogens (primary N) is 1. The molecule has 0 aliphatic carbocycles. The van der Waals surface area contributed by atoms with Crippen molar-refractivity contribution < 1.29 is 8.42 Å². The van der Waals surface area contributed by atoms with Gasteiger partial charge < -0.3 is 16.0 Å². The van der Waals surface area contributed by atoms with E-state index >= 15 is 0 Å². The molecular formula is C17H25N5O2S. The minimum Gasteiger partial charge on any atom is -0.384 e. The summed E-state index contributed by atoms with van der Waals surface area (Å²) in [5, 5.41) is 3.24. The first-order chi connectivity index (χ1) is 11.9. The lowest BCUT2D eigenvalue weighted by Gasteiger charge is -2.33. The van der Waals surface area contributed by atoms with Crippen LogP contribution < -0.4 is 15.8 Å². The van der Waals surface area contributed by atoms with E-state index in [4.69, 9.17) is 10.7 Å². The molecule has 2 aliphatic rings. The summed E-state index contributed by atoms with van der Waals surface area (Å²) in [6.07, 6.45) is 3.67. The second-order valence-corrected chi connectivity index (χ2v) is 8.20. The summed E-state index contributed by atoms with van der Waals surface area (Å²) in [6.45, 7) is 3.36. The van der Waals surface area contributed by atoms with Crippen LogP contribution in [0, 0.1) is 0 Å². The number of aliphatic imine (C=N–C) groups is 1. The monoisotopic (exact) mass is 363 g/mol. The Hall–Kier alpha value is -2.06. The van der Waals surface area contributed by atoms with Crippen molar-refractivity contribution in [1.82, 2.24) is 9.62 Å². The Kier molecular flexibility index (Phi) is 5.01. The Morgan fingerprint density at radius 3 is 2.80 bits per heavy atom. The second-order valence-electron chi connectivity index (χ2n) is 6.36. The van der Waals surface area contributed by atoms with Gasteiger partial charge >= 0.3 is 0 Å². The van der Waals surface area contributed by atoms with Crippen LogP contribution in [0.1, 0.15) is 37.8 Å². The van der Waals surface area contributed by atoms with Crippen LogP contribution in [0.2, 0.25) is 0 Å². The fraction of sp³-hybridized carbons (Fsp3) is 0.471. The average molecular weight is 363 g/mol. The lowest BCUT2D eigenvalue weighted by atomic mass is 9.97. The quantitative estimate of drug-likeness (QED) is 0.641. The van der Waals surface area contributed by atoms with Gasteiger partial charge in [-0.05, 0) is 18.9 Å². The van der Waals surface area contributed by atoms with E-state index in [9.17, 15) is 8.42 Å². The number of rotatable bonds is 7. The summed E-state index contributed by atoms with van der Waals surface area (Å²) in [4.78, 5) is 7.05. The van der Waals surface area contributed by atoms with Crippen LogP contribution in [-0.2, 0) is 10.0 Å². The lowest BCUT2D eigenvalue weighted by Crippen LogP contribution is -2.34. The summed E-state index contributed by atoms with van der Waals surface area (Å²) in [7, 11) is -3.12. The molecule has 1 atom stereocenters. The first kappa shape index (κ1) is 17.8. The molecule has 2 heterocycles. The van der Waals surface area contributed by atoms with Crippen LogP contribution in [0.5, 0.6) is 0 Å². The van der Waals surface area contributed by atoms with Crippen LogP contribution in [0.25, 0.3) is 0 Å². The molecule has 7 nitrogen and oxygen atoms in total. The predicted molar refractivity (Wildman–Crippen MR) is 101 cm³/mol. The molecule has 0 bridgehead atoms. The van der Waals surface area contributed by atoms with Gasteiger partial charge in [0.1, 0.15) is 23.4 Å². The summed E-state index contributed by atoms with van der Waals surface area (Å²) < 4.78 is 24.8. The molecular weight excluding hydrogens is 338 g/mol. The van der Waals surface area contributed by atoms with Crippen LogP contribution in [0.3, 0.4) is 0 Å².